The Morgan fingerprint density at radius 2 is 1.94 bits per heavy atom. The van der Waals surface area contributed by atoms with E-state index in [1.807, 2.05) is 0 Å². The molecule has 18 heavy (non-hydrogen) atoms. The Labute approximate surface area is 112 Å². The second-order valence-electron chi connectivity index (χ2n) is 7.18. The normalized spacial score (nSPS) is 25.3. The van der Waals surface area contributed by atoms with Gasteiger partial charge in [0.15, 0.2) is 0 Å². The van der Waals surface area contributed by atoms with Gasteiger partial charge >= 0.3 is 0 Å². The van der Waals surface area contributed by atoms with Gasteiger partial charge in [0.05, 0.1) is 12.2 Å². The molecule has 2 atom stereocenters. The zero-order chi connectivity index (χ0) is 13.9. The molecule has 106 valence electrons. The summed E-state index contributed by atoms with van der Waals surface area (Å²) < 4.78 is 0. The van der Waals surface area contributed by atoms with Gasteiger partial charge in [-0.05, 0) is 24.2 Å². The Balaban J connectivity index is 2.76. The molecule has 1 saturated heterocycles. The molecule has 1 fully saturated rings. The topological polar surface area (TPSA) is 32.3 Å². The highest BCUT2D eigenvalue weighted by atomic mass is 16.2. The molecule has 2 unspecified atom stereocenters. The van der Waals surface area contributed by atoms with Crippen LogP contribution in [-0.2, 0) is 4.79 Å². The number of amides is 1. The van der Waals surface area contributed by atoms with E-state index in [1.165, 1.54) is 0 Å². The molecule has 0 spiro atoms. The molecule has 1 aliphatic rings. The second-order valence-corrected chi connectivity index (χ2v) is 7.18. The summed E-state index contributed by atoms with van der Waals surface area (Å²) in [6, 6.07) is 0.0427. The van der Waals surface area contributed by atoms with Crippen molar-refractivity contribution in [3.05, 3.63) is 0 Å². The molecule has 0 aromatic carbocycles. The van der Waals surface area contributed by atoms with E-state index >= 15 is 0 Å². The van der Waals surface area contributed by atoms with Crippen molar-refractivity contribution in [1.82, 2.24) is 10.2 Å². The van der Waals surface area contributed by atoms with E-state index in [9.17, 15) is 4.79 Å². The maximum Gasteiger partial charge on any atom is 0.241 e. The highest BCUT2D eigenvalue weighted by molar-refractivity contribution is 5.84. The van der Waals surface area contributed by atoms with Crippen LogP contribution >= 0.6 is 0 Å². The van der Waals surface area contributed by atoms with E-state index in [2.05, 4.69) is 51.8 Å². The van der Waals surface area contributed by atoms with Gasteiger partial charge in [0.25, 0.3) is 0 Å². The van der Waals surface area contributed by atoms with Crippen LogP contribution in [0.4, 0.5) is 0 Å². The molecule has 3 heteroatoms. The molecule has 1 rings (SSSR count). The van der Waals surface area contributed by atoms with Crippen LogP contribution in [0, 0.1) is 11.3 Å². The summed E-state index contributed by atoms with van der Waals surface area (Å²) in [4.78, 5) is 14.5. The van der Waals surface area contributed by atoms with Crippen molar-refractivity contribution >= 4 is 5.91 Å². The molecular formula is C15H30N2O. The van der Waals surface area contributed by atoms with Crippen LogP contribution in [0.3, 0.4) is 0 Å². The summed E-state index contributed by atoms with van der Waals surface area (Å²) in [6.07, 6.45) is 3.28. The summed E-state index contributed by atoms with van der Waals surface area (Å²) in [5, 5.41) is 3.52. The molecule has 0 bridgehead atoms. The Bertz CT molecular complexity index is 281. The van der Waals surface area contributed by atoms with Crippen molar-refractivity contribution < 1.29 is 4.79 Å². The van der Waals surface area contributed by atoms with Gasteiger partial charge in [-0.25, -0.2) is 0 Å². The highest BCUT2D eigenvalue weighted by Crippen LogP contribution is 2.25. The van der Waals surface area contributed by atoms with E-state index in [0.29, 0.717) is 11.8 Å². The van der Waals surface area contributed by atoms with Crippen LogP contribution in [0.2, 0.25) is 0 Å². The quantitative estimate of drug-likeness (QED) is 0.818. The lowest BCUT2D eigenvalue weighted by Gasteiger charge is -2.31. The number of rotatable bonds is 5. The first kappa shape index (κ1) is 15.5. The van der Waals surface area contributed by atoms with Crippen LogP contribution in [-0.4, -0.2) is 29.6 Å². The van der Waals surface area contributed by atoms with Gasteiger partial charge in [-0.15, -0.1) is 0 Å². The lowest BCUT2D eigenvalue weighted by Crippen LogP contribution is -2.42. The standard InChI is InChI=1S/C15H30N2O/c1-7-8-12-14(18)17(10-15(4,5)6)13(16-12)9-11(2)3/h11-13,16H,7-10H2,1-6H3. The summed E-state index contributed by atoms with van der Waals surface area (Å²) in [7, 11) is 0. The van der Waals surface area contributed by atoms with Gasteiger partial charge in [0.1, 0.15) is 0 Å². The number of hydrogen-bond acceptors (Lipinski definition) is 2. The number of nitrogens with zero attached hydrogens (tertiary/aromatic N) is 1. The Morgan fingerprint density at radius 1 is 1.33 bits per heavy atom. The van der Waals surface area contributed by atoms with Gasteiger partial charge in [0.2, 0.25) is 5.91 Å². The van der Waals surface area contributed by atoms with Crippen LogP contribution < -0.4 is 5.32 Å². The van der Waals surface area contributed by atoms with Crippen molar-refractivity contribution in [2.75, 3.05) is 6.54 Å². The average molecular weight is 254 g/mol. The van der Waals surface area contributed by atoms with E-state index in [4.69, 9.17) is 0 Å². The minimum Gasteiger partial charge on any atom is -0.325 e. The van der Waals surface area contributed by atoms with E-state index in [-0.39, 0.29) is 17.6 Å². The molecule has 0 aliphatic carbocycles. The van der Waals surface area contributed by atoms with Crippen molar-refractivity contribution in [1.29, 1.82) is 0 Å². The fraction of sp³-hybridized carbons (Fsp3) is 0.933. The monoisotopic (exact) mass is 254 g/mol. The first-order valence-electron chi connectivity index (χ1n) is 7.31. The SMILES string of the molecule is CCCC1NC(CC(C)C)N(CC(C)(C)C)C1=O. The van der Waals surface area contributed by atoms with Gasteiger partial charge in [-0.2, -0.15) is 0 Å². The van der Waals surface area contributed by atoms with E-state index < -0.39 is 0 Å². The smallest absolute Gasteiger partial charge is 0.241 e. The highest BCUT2D eigenvalue weighted by Gasteiger charge is 2.39. The fourth-order valence-electron chi connectivity index (χ4n) is 2.58. The van der Waals surface area contributed by atoms with E-state index in [1.54, 1.807) is 0 Å². The Hall–Kier alpha value is -0.570. The van der Waals surface area contributed by atoms with Crippen LogP contribution in [0.5, 0.6) is 0 Å². The van der Waals surface area contributed by atoms with Crippen molar-refractivity contribution in [3.63, 3.8) is 0 Å². The van der Waals surface area contributed by atoms with Crippen molar-refractivity contribution in [2.24, 2.45) is 11.3 Å². The maximum absolute atomic E-state index is 12.4. The molecular weight excluding hydrogens is 224 g/mol. The molecule has 0 aromatic rings. The minimum absolute atomic E-state index is 0.0427. The second kappa shape index (κ2) is 6.05. The third kappa shape index (κ3) is 4.27. The number of carbonyl (C=O) groups excluding carboxylic acids is 1. The van der Waals surface area contributed by atoms with Gasteiger partial charge in [0, 0.05) is 6.54 Å². The summed E-state index contributed by atoms with van der Waals surface area (Å²) in [5.74, 6) is 0.913. The molecule has 3 nitrogen and oxygen atoms in total. The lowest BCUT2D eigenvalue weighted by molar-refractivity contribution is -0.131. The fourth-order valence-corrected chi connectivity index (χ4v) is 2.58. The predicted octanol–water partition coefficient (Wildman–Crippen LogP) is 3.01. The lowest BCUT2D eigenvalue weighted by atomic mass is 9.95. The third-order valence-electron chi connectivity index (χ3n) is 3.27. The van der Waals surface area contributed by atoms with Crippen LogP contribution in [0.1, 0.15) is 60.8 Å². The van der Waals surface area contributed by atoms with Crippen molar-refractivity contribution in [2.45, 2.75) is 73.0 Å². The number of hydrogen-bond donors (Lipinski definition) is 1. The zero-order valence-corrected chi connectivity index (χ0v) is 12.9. The van der Waals surface area contributed by atoms with Gasteiger partial charge in [-0.1, -0.05) is 48.0 Å². The molecule has 1 amide bonds. The first-order chi connectivity index (χ1) is 8.24. The predicted molar refractivity (Wildman–Crippen MR) is 76.2 cm³/mol. The minimum atomic E-state index is 0.0427. The summed E-state index contributed by atoms with van der Waals surface area (Å²) in [5.41, 5.74) is 0.160. The largest absolute Gasteiger partial charge is 0.325 e. The zero-order valence-electron chi connectivity index (χ0n) is 12.9. The van der Waals surface area contributed by atoms with Gasteiger partial charge < -0.3 is 4.90 Å². The van der Waals surface area contributed by atoms with Gasteiger partial charge in [-0.3, -0.25) is 10.1 Å². The number of nitrogens with one attached hydrogen (secondary N) is 1. The Kier molecular flexibility index (Phi) is 5.20. The Morgan fingerprint density at radius 3 is 2.39 bits per heavy atom. The molecule has 0 aromatic heterocycles. The summed E-state index contributed by atoms with van der Waals surface area (Å²) in [6.45, 7) is 14.0. The average Bonchev–Trinajstić information content (AvgIpc) is 2.44. The van der Waals surface area contributed by atoms with E-state index in [0.717, 1.165) is 25.8 Å². The molecule has 1 N–H and O–H groups in total. The molecule has 0 radical (unpaired) electrons. The van der Waals surface area contributed by atoms with Crippen LogP contribution in [0.25, 0.3) is 0 Å². The van der Waals surface area contributed by atoms with Crippen molar-refractivity contribution in [3.8, 4) is 0 Å². The maximum atomic E-state index is 12.4. The molecule has 0 saturated carbocycles. The summed E-state index contributed by atoms with van der Waals surface area (Å²) >= 11 is 0. The first-order valence-corrected chi connectivity index (χ1v) is 7.31. The van der Waals surface area contributed by atoms with Crippen LogP contribution in [0.15, 0.2) is 0 Å². The molecule has 1 heterocycles. The number of carbonyl (C=O) groups is 1. The molecule has 1 aliphatic heterocycles. The third-order valence-corrected chi connectivity index (χ3v) is 3.27.